The van der Waals surface area contributed by atoms with E-state index >= 15 is 0 Å². The van der Waals surface area contributed by atoms with Crippen molar-refractivity contribution in [3.8, 4) is 0 Å². The first-order valence-corrected chi connectivity index (χ1v) is 5.70. The summed E-state index contributed by atoms with van der Waals surface area (Å²) in [6.45, 7) is 0. The second-order valence-corrected chi connectivity index (χ2v) is 4.33. The molecule has 1 aliphatic carbocycles. The average molecular weight is 216 g/mol. The Morgan fingerprint density at radius 3 is 2.62 bits per heavy atom. The highest BCUT2D eigenvalue weighted by Crippen LogP contribution is 2.25. The number of rotatable bonds is 3. The summed E-state index contributed by atoms with van der Waals surface area (Å²) in [5.74, 6) is -0.825. The molecule has 0 saturated carbocycles. The lowest BCUT2D eigenvalue weighted by atomic mass is 9.87. The van der Waals surface area contributed by atoms with Gasteiger partial charge in [-0.05, 0) is 31.2 Å². The molecule has 0 aliphatic heterocycles. The Bertz CT molecular complexity index is 392. The Hall–Kier alpha value is -1.57. The summed E-state index contributed by atoms with van der Waals surface area (Å²) in [4.78, 5) is 10.8. The lowest BCUT2D eigenvalue weighted by Crippen LogP contribution is -2.16. The normalized spacial score (nSPS) is 20.2. The summed E-state index contributed by atoms with van der Waals surface area (Å²) in [6, 6.07) is 10.3. The number of carbonyl (C=O) groups is 1. The number of aliphatic carboxylic acids is 1. The smallest absolute Gasteiger partial charge is 0.306 e. The lowest BCUT2D eigenvalue weighted by Gasteiger charge is -2.18. The minimum atomic E-state index is -0.657. The van der Waals surface area contributed by atoms with Gasteiger partial charge in [-0.3, -0.25) is 4.79 Å². The molecule has 0 aromatic heterocycles. The average Bonchev–Trinajstić information content (AvgIpc) is 2.31. The third-order valence-electron chi connectivity index (χ3n) is 3.13. The van der Waals surface area contributed by atoms with Crippen molar-refractivity contribution in [1.82, 2.24) is 0 Å². The Balaban J connectivity index is 1.96. The van der Waals surface area contributed by atoms with Gasteiger partial charge in [-0.1, -0.05) is 42.0 Å². The molecular weight excluding hydrogens is 200 g/mol. The molecule has 1 aromatic rings. The van der Waals surface area contributed by atoms with Crippen LogP contribution in [0.1, 0.15) is 24.8 Å². The molecular formula is C14H16O2. The van der Waals surface area contributed by atoms with Crippen LogP contribution in [-0.4, -0.2) is 11.1 Å². The molecule has 16 heavy (non-hydrogen) atoms. The van der Waals surface area contributed by atoms with E-state index in [2.05, 4.69) is 18.2 Å². The van der Waals surface area contributed by atoms with Gasteiger partial charge in [0.1, 0.15) is 0 Å². The van der Waals surface area contributed by atoms with Crippen LogP contribution in [-0.2, 0) is 11.2 Å². The number of hydrogen-bond donors (Lipinski definition) is 1. The molecule has 1 aliphatic rings. The number of hydrogen-bond acceptors (Lipinski definition) is 1. The van der Waals surface area contributed by atoms with Gasteiger partial charge in [-0.2, -0.15) is 0 Å². The Labute approximate surface area is 95.6 Å². The molecule has 0 spiro atoms. The van der Waals surface area contributed by atoms with E-state index in [-0.39, 0.29) is 5.92 Å². The fraction of sp³-hybridized carbons (Fsp3) is 0.357. The first-order chi connectivity index (χ1) is 7.75. The molecule has 1 N–H and O–H groups in total. The Kier molecular flexibility index (Phi) is 3.40. The van der Waals surface area contributed by atoms with Gasteiger partial charge in [0, 0.05) is 0 Å². The maximum atomic E-state index is 10.8. The van der Waals surface area contributed by atoms with Crippen molar-refractivity contribution in [2.75, 3.05) is 0 Å². The third-order valence-corrected chi connectivity index (χ3v) is 3.13. The lowest BCUT2D eigenvalue weighted by molar-refractivity contribution is -0.141. The zero-order valence-electron chi connectivity index (χ0n) is 9.23. The molecule has 84 valence electrons. The highest BCUT2D eigenvalue weighted by Gasteiger charge is 2.20. The van der Waals surface area contributed by atoms with Gasteiger partial charge < -0.3 is 5.11 Å². The quantitative estimate of drug-likeness (QED) is 0.788. The summed E-state index contributed by atoms with van der Waals surface area (Å²) in [5, 5.41) is 8.88. The highest BCUT2D eigenvalue weighted by atomic mass is 16.4. The molecule has 0 bridgehead atoms. The van der Waals surface area contributed by atoms with Crippen LogP contribution in [0.25, 0.3) is 0 Å². The van der Waals surface area contributed by atoms with Crippen LogP contribution in [0.15, 0.2) is 42.0 Å². The van der Waals surface area contributed by atoms with Crippen molar-refractivity contribution < 1.29 is 9.90 Å². The second-order valence-electron chi connectivity index (χ2n) is 4.33. The van der Waals surface area contributed by atoms with Crippen LogP contribution in [0.5, 0.6) is 0 Å². The van der Waals surface area contributed by atoms with Gasteiger partial charge in [0.05, 0.1) is 5.92 Å². The van der Waals surface area contributed by atoms with Crippen molar-refractivity contribution in [3.05, 3.63) is 47.5 Å². The first-order valence-electron chi connectivity index (χ1n) is 5.70. The molecule has 0 fully saturated rings. The molecule has 0 radical (unpaired) electrons. The summed E-state index contributed by atoms with van der Waals surface area (Å²) < 4.78 is 0. The number of allylic oxidation sites excluding steroid dienone is 2. The second kappa shape index (κ2) is 4.97. The maximum Gasteiger partial charge on any atom is 0.306 e. The minimum absolute atomic E-state index is 0.167. The minimum Gasteiger partial charge on any atom is -0.481 e. The molecule has 2 nitrogen and oxygen atoms in total. The van der Waals surface area contributed by atoms with Crippen LogP contribution in [0.4, 0.5) is 0 Å². The molecule has 2 heteroatoms. The van der Waals surface area contributed by atoms with E-state index in [1.807, 2.05) is 18.2 Å². The van der Waals surface area contributed by atoms with Gasteiger partial charge in [-0.15, -0.1) is 0 Å². The van der Waals surface area contributed by atoms with E-state index in [0.29, 0.717) is 6.42 Å². The summed E-state index contributed by atoms with van der Waals surface area (Å²) in [5.41, 5.74) is 2.69. The van der Waals surface area contributed by atoms with Crippen LogP contribution < -0.4 is 0 Å². The standard InChI is InChI=1S/C14H16O2/c15-14(16)13-8-6-12(7-9-13)10-11-4-2-1-3-5-11/h1-6,13H,7-10H2,(H,15,16). The monoisotopic (exact) mass is 216 g/mol. The van der Waals surface area contributed by atoms with Gasteiger partial charge in [-0.25, -0.2) is 0 Å². The SMILES string of the molecule is O=C(O)C1CC=C(Cc2ccccc2)CC1. The van der Waals surface area contributed by atoms with Crippen LogP contribution >= 0.6 is 0 Å². The summed E-state index contributed by atoms with van der Waals surface area (Å²) >= 11 is 0. The molecule has 0 amide bonds. The fourth-order valence-electron chi connectivity index (χ4n) is 2.13. The van der Waals surface area contributed by atoms with E-state index in [9.17, 15) is 4.79 Å². The predicted octanol–water partition coefficient (Wildman–Crippen LogP) is 3.04. The maximum absolute atomic E-state index is 10.8. The zero-order chi connectivity index (χ0) is 11.4. The van der Waals surface area contributed by atoms with Gasteiger partial charge in [0.2, 0.25) is 0 Å². The highest BCUT2D eigenvalue weighted by molar-refractivity contribution is 5.70. The van der Waals surface area contributed by atoms with Crippen molar-refractivity contribution >= 4 is 5.97 Å². The molecule has 2 rings (SSSR count). The van der Waals surface area contributed by atoms with Crippen molar-refractivity contribution in [2.24, 2.45) is 5.92 Å². The van der Waals surface area contributed by atoms with Crippen LogP contribution in [0.3, 0.4) is 0 Å². The Morgan fingerprint density at radius 2 is 2.06 bits per heavy atom. The summed E-state index contributed by atoms with van der Waals surface area (Å²) in [7, 11) is 0. The van der Waals surface area contributed by atoms with Crippen molar-refractivity contribution in [1.29, 1.82) is 0 Å². The van der Waals surface area contributed by atoms with E-state index < -0.39 is 5.97 Å². The van der Waals surface area contributed by atoms with E-state index in [4.69, 9.17) is 5.11 Å². The van der Waals surface area contributed by atoms with E-state index in [0.717, 1.165) is 19.3 Å². The molecule has 1 aromatic carbocycles. The van der Waals surface area contributed by atoms with Gasteiger partial charge in [0.25, 0.3) is 0 Å². The molecule has 1 unspecified atom stereocenters. The van der Waals surface area contributed by atoms with Crippen LogP contribution in [0.2, 0.25) is 0 Å². The zero-order valence-corrected chi connectivity index (χ0v) is 9.23. The molecule has 0 heterocycles. The van der Waals surface area contributed by atoms with Crippen LogP contribution in [0, 0.1) is 5.92 Å². The summed E-state index contributed by atoms with van der Waals surface area (Å²) in [6.07, 6.45) is 5.47. The molecule has 1 atom stereocenters. The first kappa shape index (κ1) is 10.9. The van der Waals surface area contributed by atoms with Gasteiger partial charge >= 0.3 is 5.97 Å². The number of carboxylic acids is 1. The Morgan fingerprint density at radius 1 is 1.31 bits per heavy atom. The van der Waals surface area contributed by atoms with E-state index in [1.54, 1.807) is 0 Å². The number of carboxylic acid groups (broad SMARTS) is 1. The largest absolute Gasteiger partial charge is 0.481 e. The van der Waals surface area contributed by atoms with Crippen molar-refractivity contribution in [3.63, 3.8) is 0 Å². The third kappa shape index (κ3) is 2.72. The topological polar surface area (TPSA) is 37.3 Å². The number of benzene rings is 1. The fourth-order valence-corrected chi connectivity index (χ4v) is 2.13. The van der Waals surface area contributed by atoms with Crippen molar-refractivity contribution in [2.45, 2.75) is 25.7 Å². The van der Waals surface area contributed by atoms with E-state index in [1.165, 1.54) is 11.1 Å². The van der Waals surface area contributed by atoms with Gasteiger partial charge in [0.15, 0.2) is 0 Å². The predicted molar refractivity (Wildman–Crippen MR) is 63.2 cm³/mol. The molecule has 0 saturated heterocycles.